The van der Waals surface area contributed by atoms with Crippen LogP contribution in [-0.4, -0.2) is 21.5 Å². The Labute approximate surface area is 108 Å². The fourth-order valence-electron chi connectivity index (χ4n) is 1.65. The molecule has 1 N–H and O–H groups in total. The summed E-state index contributed by atoms with van der Waals surface area (Å²) in [6, 6.07) is 7.96. The minimum atomic E-state index is 0.421. The van der Waals surface area contributed by atoms with E-state index in [1.807, 2.05) is 30.5 Å². The van der Waals surface area contributed by atoms with Crippen molar-refractivity contribution in [3.63, 3.8) is 0 Å². The molecule has 0 atom stereocenters. The minimum Gasteiger partial charge on any atom is -0.370 e. The smallest absolute Gasteiger partial charge is 0.129 e. The van der Waals surface area contributed by atoms with E-state index >= 15 is 0 Å². The first-order valence-corrected chi connectivity index (χ1v) is 6.21. The van der Waals surface area contributed by atoms with Crippen molar-refractivity contribution in [3.8, 4) is 0 Å². The van der Waals surface area contributed by atoms with Crippen molar-refractivity contribution in [3.05, 3.63) is 48.2 Å². The van der Waals surface area contributed by atoms with E-state index in [2.05, 4.69) is 34.1 Å². The lowest BCUT2D eigenvalue weighted by Crippen LogP contribution is -2.08. The molecule has 0 amide bonds. The van der Waals surface area contributed by atoms with Crippen LogP contribution >= 0.6 is 0 Å². The van der Waals surface area contributed by atoms with Crippen molar-refractivity contribution in [2.75, 3.05) is 11.9 Å². The Kier molecular flexibility index (Phi) is 4.23. The minimum absolute atomic E-state index is 0.421. The monoisotopic (exact) mass is 242 g/mol. The molecule has 94 valence electrons. The molecular formula is C14H18N4. The van der Waals surface area contributed by atoms with E-state index in [0.29, 0.717) is 5.92 Å². The van der Waals surface area contributed by atoms with Gasteiger partial charge in [0, 0.05) is 36.6 Å². The Morgan fingerprint density at radius 3 is 2.78 bits per heavy atom. The lowest BCUT2D eigenvalue weighted by molar-refractivity contribution is 0.813. The molecule has 2 heterocycles. The number of aromatic nitrogens is 3. The average Bonchev–Trinajstić information content (AvgIpc) is 2.40. The third kappa shape index (κ3) is 3.52. The number of hydrogen-bond acceptors (Lipinski definition) is 4. The second-order valence-corrected chi connectivity index (χ2v) is 4.48. The zero-order valence-corrected chi connectivity index (χ0v) is 10.8. The largest absolute Gasteiger partial charge is 0.370 e. The molecule has 0 aromatic carbocycles. The number of rotatable bonds is 5. The van der Waals surface area contributed by atoms with Crippen LogP contribution in [0.3, 0.4) is 0 Å². The highest BCUT2D eigenvalue weighted by Gasteiger charge is 2.02. The summed E-state index contributed by atoms with van der Waals surface area (Å²) in [5.74, 6) is 1.30. The Balaban J connectivity index is 1.89. The maximum Gasteiger partial charge on any atom is 0.129 e. The van der Waals surface area contributed by atoms with Crippen molar-refractivity contribution in [2.24, 2.45) is 0 Å². The summed E-state index contributed by atoms with van der Waals surface area (Å²) in [6.07, 6.45) is 4.32. The van der Waals surface area contributed by atoms with E-state index in [9.17, 15) is 0 Å². The molecule has 0 saturated heterocycles. The van der Waals surface area contributed by atoms with E-state index in [4.69, 9.17) is 0 Å². The van der Waals surface area contributed by atoms with Crippen molar-refractivity contribution >= 4 is 5.82 Å². The van der Waals surface area contributed by atoms with Crippen LogP contribution in [-0.2, 0) is 6.42 Å². The summed E-state index contributed by atoms with van der Waals surface area (Å²) in [5, 5.41) is 3.30. The van der Waals surface area contributed by atoms with Gasteiger partial charge in [-0.05, 0) is 18.1 Å². The highest BCUT2D eigenvalue weighted by molar-refractivity contribution is 5.35. The molecule has 4 heteroatoms. The second-order valence-electron chi connectivity index (χ2n) is 4.48. The number of nitrogens with one attached hydrogen (secondary N) is 1. The van der Waals surface area contributed by atoms with E-state index < -0.39 is 0 Å². The molecule has 0 aliphatic rings. The Hall–Kier alpha value is -1.97. The van der Waals surface area contributed by atoms with Crippen LogP contribution in [0.2, 0.25) is 0 Å². The van der Waals surface area contributed by atoms with E-state index in [0.717, 1.165) is 30.2 Å². The van der Waals surface area contributed by atoms with Gasteiger partial charge in [0.05, 0.1) is 0 Å². The predicted molar refractivity (Wildman–Crippen MR) is 72.6 cm³/mol. The van der Waals surface area contributed by atoms with Gasteiger partial charge in [-0.15, -0.1) is 0 Å². The molecule has 0 unspecified atom stereocenters. The van der Waals surface area contributed by atoms with Gasteiger partial charge in [-0.25, -0.2) is 9.97 Å². The maximum absolute atomic E-state index is 4.28. The van der Waals surface area contributed by atoms with Gasteiger partial charge in [-0.3, -0.25) is 4.98 Å². The molecule has 2 aromatic heterocycles. The van der Waals surface area contributed by atoms with Gasteiger partial charge in [0.2, 0.25) is 0 Å². The Bertz CT molecular complexity index is 482. The lowest BCUT2D eigenvalue weighted by atomic mass is 10.1. The van der Waals surface area contributed by atoms with E-state index in [-0.39, 0.29) is 0 Å². The van der Waals surface area contributed by atoms with Crippen LogP contribution < -0.4 is 5.32 Å². The highest BCUT2D eigenvalue weighted by Crippen LogP contribution is 2.13. The third-order valence-electron chi connectivity index (χ3n) is 2.69. The maximum atomic E-state index is 4.28. The number of hydrogen-bond donors (Lipinski definition) is 1. The first-order valence-electron chi connectivity index (χ1n) is 6.21. The van der Waals surface area contributed by atoms with Gasteiger partial charge in [0.25, 0.3) is 0 Å². The zero-order chi connectivity index (χ0) is 12.8. The summed E-state index contributed by atoms with van der Waals surface area (Å²) in [5.41, 5.74) is 2.15. The predicted octanol–water partition coefficient (Wildman–Crippen LogP) is 2.65. The van der Waals surface area contributed by atoms with Gasteiger partial charge < -0.3 is 5.32 Å². The van der Waals surface area contributed by atoms with Crippen molar-refractivity contribution < 1.29 is 0 Å². The van der Waals surface area contributed by atoms with Gasteiger partial charge in [-0.1, -0.05) is 19.9 Å². The van der Waals surface area contributed by atoms with Crippen LogP contribution in [0.25, 0.3) is 0 Å². The SMILES string of the molecule is CC(C)c1cc(NCCc2ccccn2)ncn1. The summed E-state index contributed by atoms with van der Waals surface area (Å²) < 4.78 is 0. The van der Waals surface area contributed by atoms with Gasteiger partial charge >= 0.3 is 0 Å². The van der Waals surface area contributed by atoms with Gasteiger partial charge in [0.15, 0.2) is 0 Å². The normalized spacial score (nSPS) is 10.6. The molecular weight excluding hydrogens is 224 g/mol. The van der Waals surface area contributed by atoms with Gasteiger partial charge in [0.1, 0.15) is 12.1 Å². The topological polar surface area (TPSA) is 50.7 Å². The van der Waals surface area contributed by atoms with Crippen LogP contribution in [0, 0.1) is 0 Å². The van der Waals surface area contributed by atoms with Crippen LogP contribution in [0.15, 0.2) is 36.8 Å². The first kappa shape index (κ1) is 12.5. The standard InChI is InChI=1S/C14H18N4/c1-11(2)13-9-14(18-10-17-13)16-8-6-12-5-3-4-7-15-12/h3-5,7,9-11H,6,8H2,1-2H3,(H,16,17,18). The molecule has 0 fully saturated rings. The van der Waals surface area contributed by atoms with Crippen molar-refractivity contribution in [1.29, 1.82) is 0 Å². The fourth-order valence-corrected chi connectivity index (χ4v) is 1.65. The van der Waals surface area contributed by atoms with Crippen LogP contribution in [0.5, 0.6) is 0 Å². The third-order valence-corrected chi connectivity index (χ3v) is 2.69. The van der Waals surface area contributed by atoms with E-state index in [1.165, 1.54) is 0 Å². The molecule has 18 heavy (non-hydrogen) atoms. The lowest BCUT2D eigenvalue weighted by Gasteiger charge is -2.08. The molecule has 2 aromatic rings. The summed E-state index contributed by atoms with van der Waals surface area (Å²) in [7, 11) is 0. The number of anilines is 1. The second kappa shape index (κ2) is 6.10. The molecule has 4 nitrogen and oxygen atoms in total. The molecule has 0 spiro atoms. The Morgan fingerprint density at radius 1 is 1.17 bits per heavy atom. The zero-order valence-electron chi connectivity index (χ0n) is 10.8. The number of nitrogens with zero attached hydrogens (tertiary/aromatic N) is 3. The molecule has 0 bridgehead atoms. The molecule has 0 aliphatic carbocycles. The quantitative estimate of drug-likeness (QED) is 0.875. The first-order chi connectivity index (χ1) is 8.75. The molecule has 2 rings (SSSR count). The average molecular weight is 242 g/mol. The van der Waals surface area contributed by atoms with Crippen LogP contribution in [0.4, 0.5) is 5.82 Å². The van der Waals surface area contributed by atoms with Gasteiger partial charge in [-0.2, -0.15) is 0 Å². The number of pyridine rings is 1. The summed E-state index contributed by atoms with van der Waals surface area (Å²) >= 11 is 0. The molecule has 0 aliphatic heterocycles. The van der Waals surface area contributed by atoms with Crippen molar-refractivity contribution in [1.82, 2.24) is 15.0 Å². The summed E-state index contributed by atoms with van der Waals surface area (Å²) in [4.78, 5) is 12.7. The van der Waals surface area contributed by atoms with Crippen molar-refractivity contribution in [2.45, 2.75) is 26.2 Å². The molecule has 0 saturated carbocycles. The summed E-state index contributed by atoms with van der Waals surface area (Å²) in [6.45, 7) is 5.07. The Morgan fingerprint density at radius 2 is 2.06 bits per heavy atom. The highest BCUT2D eigenvalue weighted by atomic mass is 15.0. The fraction of sp³-hybridized carbons (Fsp3) is 0.357. The molecule has 0 radical (unpaired) electrons. The van der Waals surface area contributed by atoms with Crippen LogP contribution in [0.1, 0.15) is 31.2 Å². The van der Waals surface area contributed by atoms with E-state index in [1.54, 1.807) is 6.33 Å².